The molecule has 0 spiro atoms. The van der Waals surface area contributed by atoms with E-state index in [9.17, 15) is 9.59 Å². The summed E-state index contributed by atoms with van der Waals surface area (Å²) in [4.78, 5) is 26.3. The lowest BCUT2D eigenvalue weighted by molar-refractivity contribution is 0.102. The smallest absolute Gasteiger partial charge is 0.261 e. The number of aryl methyl sites for hydroxylation is 1. The SMILES string of the molecule is Cc1cc(Br)cc(N)c1NC(=O)c1c[nH]ccc1=O. The zero-order valence-corrected chi connectivity index (χ0v) is 11.7. The summed E-state index contributed by atoms with van der Waals surface area (Å²) in [6, 6.07) is 4.83. The first-order valence-corrected chi connectivity index (χ1v) is 6.32. The molecule has 0 aliphatic carbocycles. The molecule has 2 aromatic rings. The zero-order chi connectivity index (χ0) is 14.0. The average molecular weight is 322 g/mol. The Hall–Kier alpha value is -2.08. The number of hydrogen-bond donors (Lipinski definition) is 3. The lowest BCUT2D eigenvalue weighted by Gasteiger charge is -2.11. The summed E-state index contributed by atoms with van der Waals surface area (Å²) in [6.45, 7) is 1.83. The van der Waals surface area contributed by atoms with Crippen LogP contribution in [-0.2, 0) is 0 Å². The fraction of sp³-hybridized carbons (Fsp3) is 0.0769. The minimum atomic E-state index is -0.487. The van der Waals surface area contributed by atoms with E-state index in [1.807, 2.05) is 13.0 Å². The van der Waals surface area contributed by atoms with Crippen LogP contribution in [-0.4, -0.2) is 10.9 Å². The van der Waals surface area contributed by atoms with E-state index in [0.29, 0.717) is 11.4 Å². The summed E-state index contributed by atoms with van der Waals surface area (Å²) >= 11 is 3.32. The third kappa shape index (κ3) is 2.85. The molecule has 98 valence electrons. The Bertz CT molecular complexity index is 671. The molecule has 0 atom stereocenters. The number of pyridine rings is 1. The Balaban J connectivity index is 2.35. The van der Waals surface area contributed by atoms with E-state index in [2.05, 4.69) is 26.2 Å². The number of halogens is 1. The fourth-order valence-electron chi connectivity index (χ4n) is 1.71. The Kier molecular flexibility index (Phi) is 3.71. The molecule has 5 nitrogen and oxygen atoms in total. The van der Waals surface area contributed by atoms with Crippen LogP contribution in [0.3, 0.4) is 0 Å². The van der Waals surface area contributed by atoms with Crippen LogP contribution in [0, 0.1) is 6.92 Å². The van der Waals surface area contributed by atoms with E-state index < -0.39 is 5.91 Å². The topological polar surface area (TPSA) is 88.0 Å². The Morgan fingerprint density at radius 1 is 1.42 bits per heavy atom. The van der Waals surface area contributed by atoms with Crippen LogP contribution >= 0.6 is 15.9 Å². The summed E-state index contributed by atoms with van der Waals surface area (Å²) < 4.78 is 0.832. The van der Waals surface area contributed by atoms with Crippen LogP contribution in [0.5, 0.6) is 0 Å². The van der Waals surface area contributed by atoms with Crippen LogP contribution in [0.1, 0.15) is 15.9 Å². The maximum Gasteiger partial charge on any atom is 0.261 e. The number of nitrogen functional groups attached to an aromatic ring is 1. The Morgan fingerprint density at radius 3 is 2.79 bits per heavy atom. The van der Waals surface area contributed by atoms with Gasteiger partial charge in [-0.25, -0.2) is 0 Å². The molecule has 0 fully saturated rings. The second kappa shape index (κ2) is 5.27. The second-order valence-corrected chi connectivity index (χ2v) is 4.98. The summed E-state index contributed by atoms with van der Waals surface area (Å²) in [5.41, 5.74) is 7.32. The maximum atomic E-state index is 12.0. The van der Waals surface area contributed by atoms with Gasteiger partial charge in [0.25, 0.3) is 5.91 Å². The van der Waals surface area contributed by atoms with Crippen LogP contribution in [0.25, 0.3) is 0 Å². The first kappa shape index (κ1) is 13.4. The van der Waals surface area contributed by atoms with Gasteiger partial charge in [-0.1, -0.05) is 15.9 Å². The van der Waals surface area contributed by atoms with Crippen molar-refractivity contribution in [2.75, 3.05) is 11.1 Å². The molecule has 1 heterocycles. The predicted octanol–water partition coefficient (Wildman–Crippen LogP) is 2.28. The van der Waals surface area contributed by atoms with Gasteiger partial charge in [-0.05, 0) is 24.6 Å². The van der Waals surface area contributed by atoms with Gasteiger partial charge >= 0.3 is 0 Å². The highest BCUT2D eigenvalue weighted by Gasteiger charge is 2.13. The molecule has 0 unspecified atom stereocenters. The van der Waals surface area contributed by atoms with Gasteiger partial charge < -0.3 is 16.0 Å². The molecule has 19 heavy (non-hydrogen) atoms. The van der Waals surface area contributed by atoms with E-state index in [1.165, 1.54) is 18.5 Å². The molecule has 0 aliphatic rings. The molecule has 0 radical (unpaired) electrons. The zero-order valence-electron chi connectivity index (χ0n) is 10.2. The minimum Gasteiger partial charge on any atom is -0.397 e. The van der Waals surface area contributed by atoms with Crippen molar-refractivity contribution in [3.05, 3.63) is 56.4 Å². The first-order chi connectivity index (χ1) is 8.99. The molecule has 0 aliphatic heterocycles. The average Bonchev–Trinajstić information content (AvgIpc) is 2.34. The number of carbonyl (C=O) groups excluding carboxylic acids is 1. The number of anilines is 2. The molecule has 2 rings (SSSR count). The standard InChI is InChI=1S/C13H12BrN3O2/c1-7-4-8(14)5-10(15)12(7)17-13(19)9-6-16-3-2-11(9)18/h2-6H,15H2,1H3,(H,16,18)(H,17,19). The van der Waals surface area contributed by atoms with E-state index in [0.717, 1.165) is 10.0 Å². The van der Waals surface area contributed by atoms with Crippen LogP contribution < -0.4 is 16.5 Å². The predicted molar refractivity (Wildman–Crippen MR) is 78.3 cm³/mol. The number of benzene rings is 1. The van der Waals surface area contributed by atoms with Gasteiger partial charge in [0.2, 0.25) is 0 Å². The molecular formula is C13H12BrN3O2. The number of rotatable bonds is 2. The monoisotopic (exact) mass is 321 g/mol. The van der Waals surface area contributed by atoms with Crippen molar-refractivity contribution >= 4 is 33.2 Å². The summed E-state index contributed by atoms with van der Waals surface area (Å²) in [7, 11) is 0. The van der Waals surface area contributed by atoms with Gasteiger partial charge in [0.1, 0.15) is 5.56 Å². The number of nitrogens with one attached hydrogen (secondary N) is 2. The molecule has 0 bridgehead atoms. The highest BCUT2D eigenvalue weighted by Crippen LogP contribution is 2.27. The van der Waals surface area contributed by atoms with Crippen LogP contribution in [0.2, 0.25) is 0 Å². The lowest BCUT2D eigenvalue weighted by Crippen LogP contribution is -2.21. The molecule has 1 amide bonds. The molecule has 1 aromatic carbocycles. The van der Waals surface area contributed by atoms with Gasteiger partial charge in [0.05, 0.1) is 11.4 Å². The number of H-pyrrole nitrogens is 1. The third-order valence-electron chi connectivity index (χ3n) is 2.64. The van der Waals surface area contributed by atoms with Crippen molar-refractivity contribution in [2.45, 2.75) is 6.92 Å². The number of nitrogens with two attached hydrogens (primary N) is 1. The van der Waals surface area contributed by atoms with Crippen molar-refractivity contribution in [2.24, 2.45) is 0 Å². The molecular weight excluding hydrogens is 310 g/mol. The number of aromatic nitrogens is 1. The van der Waals surface area contributed by atoms with Crippen molar-refractivity contribution in [1.29, 1.82) is 0 Å². The van der Waals surface area contributed by atoms with Crippen LogP contribution in [0.15, 0.2) is 39.9 Å². The van der Waals surface area contributed by atoms with E-state index in [4.69, 9.17) is 5.73 Å². The lowest BCUT2D eigenvalue weighted by atomic mass is 10.1. The van der Waals surface area contributed by atoms with Gasteiger partial charge in [-0.2, -0.15) is 0 Å². The number of hydrogen-bond acceptors (Lipinski definition) is 3. The van der Waals surface area contributed by atoms with Gasteiger partial charge in [-0.3, -0.25) is 9.59 Å². The van der Waals surface area contributed by atoms with Crippen molar-refractivity contribution in [3.8, 4) is 0 Å². The second-order valence-electron chi connectivity index (χ2n) is 4.06. The largest absolute Gasteiger partial charge is 0.397 e. The number of aromatic amines is 1. The quantitative estimate of drug-likeness (QED) is 0.741. The highest BCUT2D eigenvalue weighted by atomic mass is 79.9. The molecule has 1 aromatic heterocycles. The molecule has 0 saturated heterocycles. The molecule has 4 N–H and O–H groups in total. The summed E-state index contributed by atoms with van der Waals surface area (Å²) in [5.74, 6) is -0.487. The first-order valence-electron chi connectivity index (χ1n) is 5.53. The van der Waals surface area contributed by atoms with Gasteiger partial charge in [0, 0.05) is 22.9 Å². The minimum absolute atomic E-state index is 0.0456. The Morgan fingerprint density at radius 2 is 2.16 bits per heavy atom. The number of amides is 1. The van der Waals surface area contributed by atoms with E-state index in [-0.39, 0.29) is 11.0 Å². The van der Waals surface area contributed by atoms with Gasteiger partial charge in [0.15, 0.2) is 5.43 Å². The maximum absolute atomic E-state index is 12.0. The number of carbonyl (C=O) groups is 1. The highest BCUT2D eigenvalue weighted by molar-refractivity contribution is 9.10. The molecule has 6 heteroatoms. The van der Waals surface area contributed by atoms with Gasteiger partial charge in [-0.15, -0.1) is 0 Å². The third-order valence-corrected chi connectivity index (χ3v) is 3.10. The van der Waals surface area contributed by atoms with Crippen molar-refractivity contribution in [1.82, 2.24) is 4.98 Å². The summed E-state index contributed by atoms with van der Waals surface area (Å²) in [5, 5.41) is 2.66. The fourth-order valence-corrected chi connectivity index (χ4v) is 2.30. The molecule has 0 saturated carbocycles. The summed E-state index contributed by atoms with van der Waals surface area (Å²) in [6.07, 6.45) is 2.83. The van der Waals surface area contributed by atoms with Crippen molar-refractivity contribution < 1.29 is 4.79 Å². The van der Waals surface area contributed by atoms with E-state index >= 15 is 0 Å². The normalized spacial score (nSPS) is 10.2. The van der Waals surface area contributed by atoms with E-state index in [1.54, 1.807) is 6.07 Å². The van der Waals surface area contributed by atoms with Crippen molar-refractivity contribution in [3.63, 3.8) is 0 Å². The van der Waals surface area contributed by atoms with Crippen LogP contribution in [0.4, 0.5) is 11.4 Å². The Labute approximate surface area is 118 Å².